The third-order valence-corrected chi connectivity index (χ3v) is 6.53. The van der Waals surface area contributed by atoms with Gasteiger partial charge in [-0.25, -0.2) is 6.57 Å². The maximum absolute atomic E-state index is 7.72. The van der Waals surface area contributed by atoms with Crippen LogP contribution in [-0.4, -0.2) is 53.6 Å². The molecule has 0 bridgehead atoms. The quantitative estimate of drug-likeness (QED) is 0.721. The first-order valence-corrected chi connectivity index (χ1v) is 9.12. The van der Waals surface area contributed by atoms with Crippen LogP contribution in [0.2, 0.25) is 0 Å². The van der Waals surface area contributed by atoms with E-state index in [1.807, 2.05) is 0 Å². The second kappa shape index (κ2) is 5.49. The van der Waals surface area contributed by atoms with Crippen LogP contribution in [0.1, 0.15) is 59.8 Å². The first-order chi connectivity index (χ1) is 10.3. The molecule has 1 saturated carbocycles. The highest BCUT2D eigenvalue weighted by Gasteiger charge is 2.53. The Morgan fingerprint density at radius 3 is 2.32 bits per heavy atom. The Hall–Kier alpha value is -0.590. The van der Waals surface area contributed by atoms with Crippen LogP contribution in [0.3, 0.4) is 0 Å². The smallest absolute Gasteiger partial charge is 0.245 e. The summed E-state index contributed by atoms with van der Waals surface area (Å²) in [5.41, 5.74) is 0.668. The number of nitrogens with zero attached hydrogens (tertiary/aromatic N) is 3. The molecular weight excluding hydrogens is 270 g/mol. The van der Waals surface area contributed by atoms with Crippen LogP contribution < -0.4 is 0 Å². The van der Waals surface area contributed by atoms with Gasteiger partial charge in [-0.15, -0.1) is 0 Å². The lowest BCUT2D eigenvalue weighted by atomic mass is 9.82. The van der Waals surface area contributed by atoms with Crippen molar-refractivity contribution >= 4 is 0 Å². The molecule has 3 fully saturated rings. The minimum atomic E-state index is -0.0586. The summed E-state index contributed by atoms with van der Waals surface area (Å²) in [6.45, 7) is 23.1. The maximum atomic E-state index is 7.72. The fraction of sp³-hybridized carbons (Fsp3) is 0.947. The second-order valence-corrected chi connectivity index (χ2v) is 9.47. The van der Waals surface area contributed by atoms with Crippen molar-refractivity contribution in [1.82, 2.24) is 9.80 Å². The zero-order valence-corrected chi connectivity index (χ0v) is 15.0. The van der Waals surface area contributed by atoms with Crippen LogP contribution in [0.5, 0.6) is 0 Å². The standard InChI is InChI=1S/C19H33N3/c1-17(2,3)22-12-16-11-21(13-18(16,4)14-22)15-19(20-5)9-7-6-8-10-19/h16H,6-15H2,1-4H3/t16-,18+/m1/s1. The summed E-state index contributed by atoms with van der Waals surface area (Å²) in [5, 5.41) is 0. The summed E-state index contributed by atoms with van der Waals surface area (Å²) >= 11 is 0. The molecular formula is C19H33N3. The number of fused-ring (bicyclic) bond motifs is 1. The largest absolute Gasteiger partial charge is 0.309 e. The van der Waals surface area contributed by atoms with E-state index in [4.69, 9.17) is 6.57 Å². The van der Waals surface area contributed by atoms with E-state index < -0.39 is 0 Å². The van der Waals surface area contributed by atoms with Crippen molar-refractivity contribution in [2.75, 3.05) is 32.7 Å². The van der Waals surface area contributed by atoms with Crippen molar-refractivity contribution in [2.24, 2.45) is 11.3 Å². The topological polar surface area (TPSA) is 10.8 Å². The minimum absolute atomic E-state index is 0.0586. The number of rotatable bonds is 2. The fourth-order valence-electron chi connectivity index (χ4n) is 5.02. The normalized spacial score (nSPS) is 36.2. The highest BCUT2D eigenvalue weighted by molar-refractivity contribution is 5.08. The Morgan fingerprint density at radius 1 is 1.09 bits per heavy atom. The monoisotopic (exact) mass is 303 g/mol. The van der Waals surface area contributed by atoms with Gasteiger partial charge >= 0.3 is 0 Å². The summed E-state index contributed by atoms with van der Waals surface area (Å²) in [6.07, 6.45) is 6.10. The van der Waals surface area contributed by atoms with Crippen LogP contribution in [0.4, 0.5) is 0 Å². The van der Waals surface area contributed by atoms with E-state index in [2.05, 4.69) is 42.3 Å². The van der Waals surface area contributed by atoms with Gasteiger partial charge in [0.1, 0.15) is 0 Å². The van der Waals surface area contributed by atoms with Gasteiger partial charge in [0, 0.05) is 44.6 Å². The molecule has 0 spiro atoms. The Balaban J connectivity index is 1.64. The van der Waals surface area contributed by atoms with Gasteiger partial charge in [0.05, 0.1) is 6.54 Å². The van der Waals surface area contributed by atoms with Crippen molar-refractivity contribution in [1.29, 1.82) is 0 Å². The van der Waals surface area contributed by atoms with Crippen molar-refractivity contribution in [2.45, 2.75) is 70.9 Å². The van der Waals surface area contributed by atoms with Crippen molar-refractivity contribution in [3.8, 4) is 0 Å². The lowest BCUT2D eigenvalue weighted by Crippen LogP contribution is -2.45. The van der Waals surface area contributed by atoms with E-state index in [1.54, 1.807) is 0 Å². The summed E-state index contributed by atoms with van der Waals surface area (Å²) in [4.78, 5) is 9.41. The molecule has 2 atom stereocenters. The molecule has 3 nitrogen and oxygen atoms in total. The molecule has 0 aromatic heterocycles. The molecule has 3 heteroatoms. The van der Waals surface area contributed by atoms with Gasteiger partial charge in [-0.3, -0.25) is 9.80 Å². The van der Waals surface area contributed by atoms with Crippen molar-refractivity contribution in [3.63, 3.8) is 0 Å². The SMILES string of the molecule is [C-]#[N+]C1(CN2C[C@@H]3CN(C(C)(C)C)C[C@]3(C)C2)CCCCC1. The summed E-state index contributed by atoms with van der Waals surface area (Å²) in [7, 11) is 0. The molecule has 2 aliphatic heterocycles. The lowest BCUT2D eigenvalue weighted by molar-refractivity contribution is 0.129. The Kier molecular flexibility index (Phi) is 4.06. The Bertz CT molecular complexity index is 452. The zero-order chi connectivity index (χ0) is 16.0. The van der Waals surface area contributed by atoms with Gasteiger partial charge in [-0.05, 0) is 44.9 Å². The molecule has 1 aliphatic carbocycles. The van der Waals surface area contributed by atoms with Crippen LogP contribution in [-0.2, 0) is 0 Å². The summed E-state index contributed by atoms with van der Waals surface area (Å²) in [5.74, 6) is 0.790. The van der Waals surface area contributed by atoms with E-state index in [1.165, 1.54) is 45.4 Å². The molecule has 2 saturated heterocycles. The number of hydrogen-bond donors (Lipinski definition) is 0. The molecule has 0 N–H and O–H groups in total. The highest BCUT2D eigenvalue weighted by Crippen LogP contribution is 2.45. The molecule has 22 heavy (non-hydrogen) atoms. The van der Waals surface area contributed by atoms with Gasteiger partial charge in [0.2, 0.25) is 5.54 Å². The van der Waals surface area contributed by atoms with Crippen molar-refractivity contribution in [3.05, 3.63) is 11.4 Å². The van der Waals surface area contributed by atoms with E-state index in [-0.39, 0.29) is 5.54 Å². The Morgan fingerprint density at radius 2 is 1.77 bits per heavy atom. The van der Waals surface area contributed by atoms with E-state index in [9.17, 15) is 0 Å². The van der Waals surface area contributed by atoms with E-state index in [0.717, 1.165) is 25.3 Å². The molecule has 124 valence electrons. The molecule has 3 rings (SSSR count). The highest BCUT2D eigenvalue weighted by atomic mass is 15.3. The first kappa shape index (κ1) is 16.3. The van der Waals surface area contributed by atoms with Crippen LogP contribution in [0, 0.1) is 17.9 Å². The molecule has 0 aromatic rings. The lowest BCUT2D eigenvalue weighted by Gasteiger charge is -2.35. The third kappa shape index (κ3) is 2.93. The number of hydrogen-bond acceptors (Lipinski definition) is 2. The predicted molar refractivity (Wildman–Crippen MR) is 91.8 cm³/mol. The van der Waals surface area contributed by atoms with Gasteiger partial charge in [0.15, 0.2) is 0 Å². The predicted octanol–water partition coefficient (Wildman–Crippen LogP) is 3.66. The van der Waals surface area contributed by atoms with Crippen molar-refractivity contribution < 1.29 is 0 Å². The minimum Gasteiger partial charge on any atom is -0.309 e. The average Bonchev–Trinajstić information content (AvgIpc) is 2.90. The van der Waals surface area contributed by atoms with E-state index in [0.29, 0.717) is 11.0 Å². The summed E-state index contributed by atoms with van der Waals surface area (Å²) < 4.78 is 0. The third-order valence-electron chi connectivity index (χ3n) is 6.53. The molecule has 0 amide bonds. The second-order valence-electron chi connectivity index (χ2n) is 9.47. The molecule has 3 aliphatic rings. The average molecular weight is 303 g/mol. The van der Waals surface area contributed by atoms with Gasteiger partial charge < -0.3 is 4.85 Å². The van der Waals surface area contributed by atoms with Gasteiger partial charge in [-0.2, -0.15) is 0 Å². The Labute approximate surface area is 136 Å². The zero-order valence-electron chi connectivity index (χ0n) is 15.0. The fourth-order valence-corrected chi connectivity index (χ4v) is 5.02. The summed E-state index contributed by atoms with van der Waals surface area (Å²) in [6, 6.07) is 0. The molecule has 0 aromatic carbocycles. The maximum Gasteiger partial charge on any atom is 0.245 e. The van der Waals surface area contributed by atoms with Crippen LogP contribution in [0.25, 0.3) is 4.85 Å². The molecule has 2 heterocycles. The number of likely N-dealkylation sites (tertiary alicyclic amines) is 2. The van der Waals surface area contributed by atoms with Crippen LogP contribution >= 0.6 is 0 Å². The van der Waals surface area contributed by atoms with Gasteiger partial charge in [-0.1, -0.05) is 13.3 Å². The van der Waals surface area contributed by atoms with Gasteiger partial charge in [0.25, 0.3) is 0 Å². The molecule has 0 radical (unpaired) electrons. The first-order valence-electron chi connectivity index (χ1n) is 9.12. The molecule has 0 unspecified atom stereocenters. The van der Waals surface area contributed by atoms with E-state index >= 15 is 0 Å². The van der Waals surface area contributed by atoms with Crippen LogP contribution in [0.15, 0.2) is 0 Å².